The highest BCUT2D eigenvalue weighted by atomic mass is 32.2. The number of carbonyl (C=O) groups is 1. The number of hydrogen-bond donors (Lipinski definition) is 0. The van der Waals surface area contributed by atoms with Crippen LogP contribution in [-0.2, 0) is 9.53 Å². The molecule has 0 N–H and O–H groups in total. The molecule has 8 heteroatoms. The van der Waals surface area contributed by atoms with Gasteiger partial charge in [0.1, 0.15) is 22.1 Å². The topological polar surface area (TPSA) is 65.0 Å². The molecule has 0 saturated carbocycles. The first kappa shape index (κ1) is 15.8. The van der Waals surface area contributed by atoms with Crippen molar-refractivity contribution >= 4 is 39.3 Å². The van der Waals surface area contributed by atoms with Crippen molar-refractivity contribution < 1.29 is 13.9 Å². The van der Waals surface area contributed by atoms with Gasteiger partial charge in [0.15, 0.2) is 0 Å². The van der Waals surface area contributed by atoms with Crippen LogP contribution in [0.1, 0.15) is 5.01 Å². The van der Waals surface area contributed by atoms with Gasteiger partial charge in [0.05, 0.1) is 22.6 Å². The van der Waals surface area contributed by atoms with Gasteiger partial charge in [-0.3, -0.25) is 4.79 Å². The van der Waals surface area contributed by atoms with Crippen molar-refractivity contribution in [1.82, 2.24) is 15.2 Å². The number of aromatic nitrogens is 3. The molecule has 0 spiro atoms. The zero-order valence-electron chi connectivity index (χ0n) is 12.4. The molecule has 0 amide bonds. The molecule has 0 bridgehead atoms. The molecule has 118 valence electrons. The number of thiazole rings is 1. The van der Waals surface area contributed by atoms with Gasteiger partial charge in [0.25, 0.3) is 0 Å². The number of esters is 1. The summed E-state index contributed by atoms with van der Waals surface area (Å²) in [5, 5.41) is 9.89. The number of nitrogens with zero attached hydrogens (tertiary/aromatic N) is 3. The van der Waals surface area contributed by atoms with Crippen LogP contribution in [0.5, 0.6) is 0 Å². The molecule has 0 unspecified atom stereocenters. The Hall–Kier alpha value is -2.06. The highest BCUT2D eigenvalue weighted by Crippen LogP contribution is 2.35. The lowest BCUT2D eigenvalue weighted by Gasteiger charge is -2.04. The van der Waals surface area contributed by atoms with Crippen LogP contribution in [0.25, 0.3) is 21.5 Å². The van der Waals surface area contributed by atoms with E-state index in [0.717, 1.165) is 15.3 Å². The molecule has 0 aliphatic rings. The number of ether oxygens (including phenoxy) is 1. The number of methoxy groups -OCH3 is 1. The largest absolute Gasteiger partial charge is 0.468 e. The molecule has 5 nitrogen and oxygen atoms in total. The predicted octanol–water partition coefficient (Wildman–Crippen LogP) is 3.47. The zero-order chi connectivity index (χ0) is 16.4. The highest BCUT2D eigenvalue weighted by Gasteiger charge is 2.16. The van der Waals surface area contributed by atoms with E-state index in [9.17, 15) is 9.18 Å². The minimum absolute atomic E-state index is 0.146. The van der Waals surface area contributed by atoms with Gasteiger partial charge >= 0.3 is 5.97 Å². The maximum absolute atomic E-state index is 13.1. The monoisotopic (exact) mass is 349 g/mol. The van der Waals surface area contributed by atoms with Crippen LogP contribution in [0.4, 0.5) is 4.39 Å². The molecule has 0 radical (unpaired) electrons. The SMILES string of the molecule is COC(=O)CSc1nnc(-c2ccc(F)cc2)c2sc(C)nc12. The molecule has 23 heavy (non-hydrogen) atoms. The van der Waals surface area contributed by atoms with E-state index in [0.29, 0.717) is 16.2 Å². The molecule has 0 fully saturated rings. The zero-order valence-corrected chi connectivity index (χ0v) is 14.0. The van der Waals surface area contributed by atoms with Crippen LogP contribution in [0.2, 0.25) is 0 Å². The van der Waals surface area contributed by atoms with Gasteiger partial charge in [-0.05, 0) is 31.2 Å². The molecule has 3 aromatic rings. The molecule has 0 saturated heterocycles. The smallest absolute Gasteiger partial charge is 0.316 e. The molecule has 2 aromatic heterocycles. The first-order chi connectivity index (χ1) is 11.1. The van der Waals surface area contributed by atoms with Crippen LogP contribution >= 0.6 is 23.1 Å². The summed E-state index contributed by atoms with van der Waals surface area (Å²) in [4.78, 5) is 15.8. The summed E-state index contributed by atoms with van der Waals surface area (Å²) in [5.41, 5.74) is 2.14. The lowest BCUT2D eigenvalue weighted by atomic mass is 10.1. The third-order valence-corrected chi connectivity index (χ3v) is 4.97. The van der Waals surface area contributed by atoms with E-state index in [-0.39, 0.29) is 17.5 Å². The Balaban J connectivity index is 2.05. The third-order valence-electron chi connectivity index (χ3n) is 3.06. The predicted molar refractivity (Wildman–Crippen MR) is 88.1 cm³/mol. The maximum atomic E-state index is 13.1. The normalized spacial score (nSPS) is 10.9. The number of rotatable bonds is 4. The van der Waals surface area contributed by atoms with Gasteiger partial charge in [0.2, 0.25) is 0 Å². The maximum Gasteiger partial charge on any atom is 0.316 e. The van der Waals surface area contributed by atoms with E-state index >= 15 is 0 Å². The minimum Gasteiger partial charge on any atom is -0.468 e. The quantitative estimate of drug-likeness (QED) is 0.531. The second-order valence-electron chi connectivity index (χ2n) is 4.64. The third kappa shape index (κ3) is 3.32. The van der Waals surface area contributed by atoms with E-state index in [2.05, 4.69) is 19.9 Å². The number of thioether (sulfide) groups is 1. The van der Waals surface area contributed by atoms with Crippen LogP contribution in [-0.4, -0.2) is 34.0 Å². The average molecular weight is 349 g/mol. The Morgan fingerprint density at radius 2 is 2.04 bits per heavy atom. The standard InChI is InChI=1S/C15H12FN3O2S2/c1-8-17-13-14(23-8)12(9-3-5-10(16)6-4-9)18-19-15(13)22-7-11(20)21-2/h3-6H,7H2,1-2H3. The molecule has 0 atom stereocenters. The van der Waals surface area contributed by atoms with Gasteiger partial charge in [-0.1, -0.05) is 11.8 Å². The second-order valence-corrected chi connectivity index (χ2v) is 6.80. The van der Waals surface area contributed by atoms with Crippen LogP contribution < -0.4 is 0 Å². The summed E-state index contributed by atoms with van der Waals surface area (Å²) < 4.78 is 18.6. The number of carbonyl (C=O) groups excluding carboxylic acids is 1. The van der Waals surface area contributed by atoms with Gasteiger partial charge in [0, 0.05) is 5.56 Å². The fourth-order valence-electron chi connectivity index (χ4n) is 2.00. The summed E-state index contributed by atoms with van der Waals surface area (Å²) in [5.74, 6) is -0.490. The van der Waals surface area contributed by atoms with Gasteiger partial charge in [-0.2, -0.15) is 0 Å². The Morgan fingerprint density at radius 3 is 2.74 bits per heavy atom. The molecular formula is C15H12FN3O2S2. The number of halogens is 1. The minimum atomic E-state index is -0.334. The molecule has 3 rings (SSSR count). The van der Waals surface area contributed by atoms with Crippen molar-refractivity contribution in [2.75, 3.05) is 12.9 Å². The van der Waals surface area contributed by atoms with Crippen LogP contribution in [0, 0.1) is 12.7 Å². The van der Waals surface area contributed by atoms with Crippen molar-refractivity contribution in [3.05, 3.63) is 35.1 Å². The highest BCUT2D eigenvalue weighted by molar-refractivity contribution is 8.00. The average Bonchev–Trinajstić information content (AvgIpc) is 2.94. The summed E-state index contributed by atoms with van der Waals surface area (Å²) in [6.45, 7) is 1.90. The van der Waals surface area contributed by atoms with E-state index in [4.69, 9.17) is 0 Å². The van der Waals surface area contributed by atoms with Crippen molar-refractivity contribution in [3.63, 3.8) is 0 Å². The molecular weight excluding hydrogens is 337 g/mol. The van der Waals surface area contributed by atoms with Gasteiger partial charge in [-0.15, -0.1) is 21.5 Å². The Morgan fingerprint density at radius 1 is 1.30 bits per heavy atom. The lowest BCUT2D eigenvalue weighted by Crippen LogP contribution is -2.04. The summed E-state index contributed by atoms with van der Waals surface area (Å²) in [6, 6.07) is 6.09. The van der Waals surface area contributed by atoms with E-state index < -0.39 is 0 Å². The molecule has 2 heterocycles. The summed E-state index contributed by atoms with van der Waals surface area (Å²) in [7, 11) is 1.34. The van der Waals surface area contributed by atoms with E-state index in [1.165, 1.54) is 42.3 Å². The van der Waals surface area contributed by atoms with Crippen LogP contribution in [0.15, 0.2) is 29.3 Å². The van der Waals surface area contributed by atoms with E-state index in [1.807, 2.05) is 6.92 Å². The summed E-state index contributed by atoms with van der Waals surface area (Å²) in [6.07, 6.45) is 0. The van der Waals surface area contributed by atoms with Crippen molar-refractivity contribution in [2.45, 2.75) is 11.9 Å². The summed E-state index contributed by atoms with van der Waals surface area (Å²) >= 11 is 2.73. The lowest BCUT2D eigenvalue weighted by molar-refractivity contribution is -0.137. The van der Waals surface area contributed by atoms with Crippen LogP contribution in [0.3, 0.4) is 0 Å². The fraction of sp³-hybridized carbons (Fsp3) is 0.200. The van der Waals surface area contributed by atoms with Crippen molar-refractivity contribution in [1.29, 1.82) is 0 Å². The van der Waals surface area contributed by atoms with E-state index in [1.54, 1.807) is 12.1 Å². The Kier molecular flexibility index (Phi) is 4.53. The Labute approximate surface area is 139 Å². The second kappa shape index (κ2) is 6.59. The number of hydrogen-bond acceptors (Lipinski definition) is 7. The Bertz CT molecular complexity index is 865. The molecule has 0 aliphatic carbocycles. The first-order valence-electron chi connectivity index (χ1n) is 6.68. The van der Waals surface area contributed by atoms with Gasteiger partial charge in [-0.25, -0.2) is 9.37 Å². The van der Waals surface area contributed by atoms with Crippen molar-refractivity contribution in [3.8, 4) is 11.3 Å². The first-order valence-corrected chi connectivity index (χ1v) is 8.48. The van der Waals surface area contributed by atoms with Crippen molar-refractivity contribution in [2.24, 2.45) is 0 Å². The molecule has 1 aromatic carbocycles. The number of benzene rings is 1. The number of fused-ring (bicyclic) bond motifs is 1. The fourth-order valence-corrected chi connectivity index (χ4v) is 3.75. The number of aryl methyl sites for hydroxylation is 1. The van der Waals surface area contributed by atoms with Gasteiger partial charge < -0.3 is 4.74 Å². The molecule has 0 aliphatic heterocycles.